The molecule has 2 heterocycles. The molecule has 22 heavy (non-hydrogen) atoms. The Labute approximate surface area is 141 Å². The second-order valence-corrected chi connectivity index (χ2v) is 6.78. The molecule has 0 atom stereocenters. The number of hydrogen-bond acceptors (Lipinski definition) is 3. The van der Waals surface area contributed by atoms with Gasteiger partial charge in [-0.1, -0.05) is 23.2 Å². The van der Waals surface area contributed by atoms with Gasteiger partial charge in [0.1, 0.15) is 0 Å². The largest absolute Gasteiger partial charge is 0.367 e. The molecule has 2 fully saturated rings. The number of nitrogens with one attached hydrogen (secondary N) is 1. The summed E-state index contributed by atoms with van der Waals surface area (Å²) >= 11 is 12.2. The van der Waals surface area contributed by atoms with Crippen LogP contribution in [-0.4, -0.2) is 50.1 Å². The topological polar surface area (TPSA) is 35.6 Å². The summed E-state index contributed by atoms with van der Waals surface area (Å²) in [6.45, 7) is 5.08. The Morgan fingerprint density at radius 3 is 2.41 bits per heavy atom. The Kier molecular flexibility index (Phi) is 5.11. The van der Waals surface area contributed by atoms with Crippen molar-refractivity contribution in [3.63, 3.8) is 0 Å². The van der Waals surface area contributed by atoms with Crippen LogP contribution in [-0.2, 0) is 4.79 Å². The average molecular weight is 342 g/mol. The van der Waals surface area contributed by atoms with E-state index in [9.17, 15) is 4.79 Å². The average Bonchev–Trinajstić information content (AvgIpc) is 2.55. The molecule has 0 saturated carbocycles. The molecule has 1 aromatic rings. The minimum atomic E-state index is 0.201. The van der Waals surface area contributed by atoms with Gasteiger partial charge in [-0.3, -0.25) is 4.79 Å². The number of anilines is 1. The fourth-order valence-electron chi connectivity index (χ4n) is 3.23. The number of benzene rings is 1. The molecule has 1 amide bonds. The number of piperidine rings is 1. The lowest BCUT2D eigenvalue weighted by Gasteiger charge is -2.38. The third-order valence-corrected chi connectivity index (χ3v) is 5.07. The second-order valence-electron chi connectivity index (χ2n) is 5.93. The third-order valence-electron chi connectivity index (χ3n) is 4.53. The highest BCUT2D eigenvalue weighted by Crippen LogP contribution is 2.29. The maximum absolute atomic E-state index is 12.5. The Balaban J connectivity index is 1.59. The first-order valence-electron chi connectivity index (χ1n) is 7.84. The summed E-state index contributed by atoms with van der Waals surface area (Å²) in [6.07, 6.45) is 1.92. The summed E-state index contributed by atoms with van der Waals surface area (Å²) in [5, 5.41) is 4.63. The van der Waals surface area contributed by atoms with E-state index >= 15 is 0 Å². The van der Waals surface area contributed by atoms with Crippen LogP contribution >= 0.6 is 23.2 Å². The molecule has 1 aromatic carbocycles. The molecule has 0 spiro atoms. The molecule has 0 radical (unpaired) electrons. The van der Waals surface area contributed by atoms with Gasteiger partial charge in [0, 0.05) is 37.1 Å². The number of rotatable bonds is 2. The molecular formula is C16H21Cl2N3O. The first kappa shape index (κ1) is 15.9. The first-order valence-corrected chi connectivity index (χ1v) is 8.60. The van der Waals surface area contributed by atoms with Gasteiger partial charge < -0.3 is 15.1 Å². The van der Waals surface area contributed by atoms with Gasteiger partial charge in [-0.15, -0.1) is 0 Å². The fourth-order valence-corrected chi connectivity index (χ4v) is 3.76. The number of hydrogen-bond donors (Lipinski definition) is 1. The van der Waals surface area contributed by atoms with Crippen LogP contribution in [0.4, 0.5) is 5.69 Å². The van der Waals surface area contributed by atoms with Gasteiger partial charge in [0.05, 0.1) is 10.7 Å². The van der Waals surface area contributed by atoms with Crippen LogP contribution in [0.2, 0.25) is 10.0 Å². The van der Waals surface area contributed by atoms with Crippen molar-refractivity contribution in [3.8, 4) is 0 Å². The molecule has 6 heteroatoms. The van der Waals surface area contributed by atoms with Crippen LogP contribution in [0.1, 0.15) is 12.8 Å². The van der Waals surface area contributed by atoms with E-state index < -0.39 is 0 Å². The quantitative estimate of drug-likeness (QED) is 0.898. The lowest BCUT2D eigenvalue weighted by Crippen LogP contribution is -2.51. The Morgan fingerprint density at radius 2 is 1.77 bits per heavy atom. The van der Waals surface area contributed by atoms with Crippen molar-refractivity contribution in [1.29, 1.82) is 0 Å². The normalized spacial score (nSPS) is 20.3. The Hall–Kier alpha value is -0.970. The van der Waals surface area contributed by atoms with E-state index in [0.717, 1.165) is 57.8 Å². The molecule has 0 bridgehead atoms. The summed E-state index contributed by atoms with van der Waals surface area (Å²) in [4.78, 5) is 16.8. The summed E-state index contributed by atoms with van der Waals surface area (Å²) in [6, 6.07) is 5.58. The standard InChI is InChI=1S/C16H21Cl2N3O/c17-13-1-2-15(14(18)11-13)20-7-9-21(10-8-20)16(22)12-3-5-19-6-4-12/h1-2,11-12,19H,3-10H2. The summed E-state index contributed by atoms with van der Waals surface area (Å²) in [5.74, 6) is 0.523. The predicted molar refractivity (Wildman–Crippen MR) is 90.8 cm³/mol. The van der Waals surface area contributed by atoms with Gasteiger partial charge >= 0.3 is 0 Å². The van der Waals surface area contributed by atoms with Gasteiger partial charge in [0.15, 0.2) is 0 Å². The summed E-state index contributed by atoms with van der Waals surface area (Å²) in [5.41, 5.74) is 1.00. The molecule has 0 unspecified atom stereocenters. The van der Waals surface area contributed by atoms with Crippen molar-refractivity contribution in [2.75, 3.05) is 44.2 Å². The number of carbonyl (C=O) groups is 1. The number of piperazine rings is 1. The van der Waals surface area contributed by atoms with E-state index in [1.54, 1.807) is 6.07 Å². The molecule has 0 aliphatic carbocycles. The lowest BCUT2D eigenvalue weighted by atomic mass is 9.96. The van der Waals surface area contributed by atoms with E-state index in [1.165, 1.54) is 0 Å². The minimum Gasteiger partial charge on any atom is -0.367 e. The van der Waals surface area contributed by atoms with E-state index in [0.29, 0.717) is 16.0 Å². The predicted octanol–water partition coefficient (Wildman–Crippen LogP) is 2.64. The maximum Gasteiger partial charge on any atom is 0.225 e. The first-order chi connectivity index (χ1) is 10.6. The third kappa shape index (κ3) is 3.50. The molecule has 4 nitrogen and oxygen atoms in total. The van der Waals surface area contributed by atoms with Crippen LogP contribution < -0.4 is 10.2 Å². The monoisotopic (exact) mass is 341 g/mol. The van der Waals surface area contributed by atoms with Crippen LogP contribution in [0.3, 0.4) is 0 Å². The molecule has 1 N–H and O–H groups in total. The molecule has 2 aliphatic rings. The van der Waals surface area contributed by atoms with Crippen LogP contribution in [0.5, 0.6) is 0 Å². The minimum absolute atomic E-state index is 0.201. The molecule has 2 aliphatic heterocycles. The Morgan fingerprint density at radius 1 is 1.09 bits per heavy atom. The maximum atomic E-state index is 12.5. The van der Waals surface area contributed by atoms with Crippen LogP contribution in [0, 0.1) is 5.92 Å². The number of amides is 1. The van der Waals surface area contributed by atoms with E-state index in [1.807, 2.05) is 17.0 Å². The Bertz CT molecular complexity index is 538. The van der Waals surface area contributed by atoms with Crippen LogP contribution in [0.25, 0.3) is 0 Å². The highest BCUT2D eigenvalue weighted by atomic mass is 35.5. The van der Waals surface area contributed by atoms with Gasteiger partial charge in [0.25, 0.3) is 0 Å². The SMILES string of the molecule is O=C(C1CCNCC1)N1CCN(c2ccc(Cl)cc2Cl)CC1. The van der Waals surface area contributed by atoms with E-state index in [4.69, 9.17) is 23.2 Å². The molecule has 3 rings (SSSR count). The molecule has 120 valence electrons. The van der Waals surface area contributed by atoms with E-state index in [-0.39, 0.29) is 5.92 Å². The van der Waals surface area contributed by atoms with Gasteiger partial charge in [-0.25, -0.2) is 0 Å². The van der Waals surface area contributed by atoms with Crippen molar-refractivity contribution in [3.05, 3.63) is 28.2 Å². The van der Waals surface area contributed by atoms with E-state index in [2.05, 4.69) is 10.2 Å². The zero-order valence-corrected chi connectivity index (χ0v) is 14.0. The fraction of sp³-hybridized carbons (Fsp3) is 0.562. The van der Waals surface area contributed by atoms with Crippen molar-refractivity contribution >= 4 is 34.8 Å². The second kappa shape index (κ2) is 7.07. The summed E-state index contributed by atoms with van der Waals surface area (Å²) in [7, 11) is 0. The number of nitrogens with zero attached hydrogens (tertiary/aromatic N) is 2. The highest BCUT2D eigenvalue weighted by Gasteiger charge is 2.28. The lowest BCUT2D eigenvalue weighted by molar-refractivity contribution is -0.136. The zero-order chi connectivity index (χ0) is 15.5. The molecular weight excluding hydrogens is 321 g/mol. The van der Waals surface area contributed by atoms with Gasteiger partial charge in [0.2, 0.25) is 5.91 Å². The molecule has 2 saturated heterocycles. The highest BCUT2D eigenvalue weighted by molar-refractivity contribution is 6.36. The zero-order valence-electron chi connectivity index (χ0n) is 12.5. The van der Waals surface area contributed by atoms with Crippen LogP contribution in [0.15, 0.2) is 18.2 Å². The van der Waals surface area contributed by atoms with Gasteiger partial charge in [-0.2, -0.15) is 0 Å². The van der Waals surface area contributed by atoms with Crippen molar-refractivity contribution < 1.29 is 4.79 Å². The summed E-state index contributed by atoms with van der Waals surface area (Å²) < 4.78 is 0. The number of carbonyl (C=O) groups excluding carboxylic acids is 1. The van der Waals surface area contributed by atoms with Gasteiger partial charge in [-0.05, 0) is 44.1 Å². The van der Waals surface area contributed by atoms with Crippen molar-refractivity contribution in [2.45, 2.75) is 12.8 Å². The smallest absolute Gasteiger partial charge is 0.225 e. The number of halogens is 2. The van der Waals surface area contributed by atoms with Crippen molar-refractivity contribution in [1.82, 2.24) is 10.2 Å². The van der Waals surface area contributed by atoms with Crippen molar-refractivity contribution in [2.24, 2.45) is 5.92 Å². The molecule has 0 aromatic heterocycles.